The molecule has 0 spiro atoms. The number of nitriles is 1. The van der Waals surface area contributed by atoms with E-state index in [1.54, 1.807) is 16.8 Å². The molecule has 8 heteroatoms. The number of nitrogens with zero attached hydrogens (tertiary/aromatic N) is 5. The monoisotopic (exact) mass is 467 g/mol. The lowest BCUT2D eigenvalue weighted by atomic mass is 9.94. The van der Waals surface area contributed by atoms with E-state index in [2.05, 4.69) is 45.4 Å². The van der Waals surface area contributed by atoms with Gasteiger partial charge in [-0.2, -0.15) is 10.2 Å². The van der Waals surface area contributed by atoms with Crippen LogP contribution >= 0.6 is 0 Å². The van der Waals surface area contributed by atoms with Gasteiger partial charge in [0.05, 0.1) is 0 Å². The van der Waals surface area contributed by atoms with Crippen molar-refractivity contribution in [2.75, 3.05) is 25.5 Å². The molecule has 4 heterocycles. The average molecular weight is 468 g/mol. The van der Waals surface area contributed by atoms with E-state index >= 15 is 0 Å². The highest BCUT2D eigenvalue weighted by Crippen LogP contribution is 2.32. The topological polar surface area (TPSA) is 103 Å². The number of pyridine rings is 1. The van der Waals surface area contributed by atoms with Gasteiger partial charge < -0.3 is 15.2 Å². The average Bonchev–Trinajstić information content (AvgIpc) is 3.54. The van der Waals surface area contributed by atoms with Crippen LogP contribution in [-0.2, 0) is 0 Å². The van der Waals surface area contributed by atoms with Crippen LogP contribution in [-0.4, -0.2) is 44.6 Å². The van der Waals surface area contributed by atoms with Gasteiger partial charge in [0.1, 0.15) is 17.3 Å². The Bertz CT molecular complexity index is 1500. The Morgan fingerprint density at radius 1 is 1.09 bits per heavy atom. The zero-order valence-corrected chi connectivity index (χ0v) is 19.9. The zero-order valence-electron chi connectivity index (χ0n) is 19.9. The molecular weight excluding hydrogens is 438 g/mol. The van der Waals surface area contributed by atoms with E-state index in [1.165, 1.54) is 18.5 Å². The van der Waals surface area contributed by atoms with Crippen LogP contribution in [0.2, 0.25) is 0 Å². The van der Waals surface area contributed by atoms with E-state index in [0.717, 1.165) is 55.4 Å². The minimum absolute atomic E-state index is 0.0789. The minimum atomic E-state index is -0.258. The summed E-state index contributed by atoms with van der Waals surface area (Å²) < 4.78 is 1.72. The highest BCUT2D eigenvalue weighted by molar-refractivity contribution is 5.85. The summed E-state index contributed by atoms with van der Waals surface area (Å²) in [6, 6.07) is 12.2. The van der Waals surface area contributed by atoms with Gasteiger partial charge in [0, 0.05) is 45.8 Å². The summed E-state index contributed by atoms with van der Waals surface area (Å²) in [5.41, 5.74) is 3.81. The SMILES string of the molecule is CN1CCC(c2cc3cc(Nc4ncc5cc(C#N)c(=O)n(C6CCCC6)c5n4)ccc3[nH]2)CC1. The molecule has 2 aliphatic rings. The van der Waals surface area contributed by atoms with Gasteiger partial charge in [0.2, 0.25) is 5.95 Å². The van der Waals surface area contributed by atoms with Gasteiger partial charge in [-0.1, -0.05) is 12.8 Å². The normalized spacial score (nSPS) is 17.8. The Hall–Kier alpha value is -3.70. The smallest absolute Gasteiger partial charge is 0.270 e. The molecule has 4 aromatic rings. The number of hydrogen-bond acceptors (Lipinski definition) is 6. The molecule has 3 aromatic heterocycles. The lowest BCUT2D eigenvalue weighted by Crippen LogP contribution is -2.29. The molecule has 2 N–H and O–H groups in total. The number of anilines is 2. The lowest BCUT2D eigenvalue weighted by molar-refractivity contribution is 0.254. The fourth-order valence-corrected chi connectivity index (χ4v) is 5.66. The number of fused-ring (bicyclic) bond motifs is 2. The van der Waals surface area contributed by atoms with Gasteiger partial charge in [0.25, 0.3) is 5.56 Å². The largest absolute Gasteiger partial charge is 0.358 e. The predicted octanol–water partition coefficient (Wildman–Crippen LogP) is 4.81. The van der Waals surface area contributed by atoms with Crippen molar-refractivity contribution >= 4 is 33.6 Å². The Kier molecular flexibility index (Phi) is 5.50. The first-order valence-electron chi connectivity index (χ1n) is 12.5. The summed E-state index contributed by atoms with van der Waals surface area (Å²) in [5.74, 6) is 1.02. The Labute approximate surface area is 203 Å². The van der Waals surface area contributed by atoms with Crippen molar-refractivity contribution in [3.05, 3.63) is 58.1 Å². The van der Waals surface area contributed by atoms with Crippen molar-refractivity contribution in [2.24, 2.45) is 0 Å². The van der Waals surface area contributed by atoms with Gasteiger partial charge in [-0.15, -0.1) is 0 Å². The van der Waals surface area contributed by atoms with Gasteiger partial charge in [-0.25, -0.2) is 4.98 Å². The molecule has 2 fully saturated rings. The van der Waals surface area contributed by atoms with E-state index in [1.807, 2.05) is 12.1 Å². The van der Waals surface area contributed by atoms with Gasteiger partial charge in [-0.05, 0) is 76.2 Å². The van der Waals surface area contributed by atoms with Crippen LogP contribution in [0, 0.1) is 11.3 Å². The molecule has 1 aliphatic carbocycles. The van der Waals surface area contributed by atoms with Gasteiger partial charge in [0.15, 0.2) is 0 Å². The second-order valence-electron chi connectivity index (χ2n) is 9.99. The molecular formula is C27H29N7O. The number of aromatic nitrogens is 4. The Morgan fingerprint density at radius 3 is 2.66 bits per heavy atom. The highest BCUT2D eigenvalue weighted by atomic mass is 16.1. The predicted molar refractivity (Wildman–Crippen MR) is 137 cm³/mol. The van der Waals surface area contributed by atoms with Crippen LogP contribution in [0.25, 0.3) is 21.9 Å². The second kappa shape index (κ2) is 8.82. The van der Waals surface area contributed by atoms with Gasteiger partial charge >= 0.3 is 0 Å². The summed E-state index contributed by atoms with van der Waals surface area (Å²) in [6.07, 6.45) is 8.08. The summed E-state index contributed by atoms with van der Waals surface area (Å²) in [6.45, 7) is 2.27. The molecule has 0 atom stereocenters. The second-order valence-corrected chi connectivity index (χ2v) is 9.99. The summed E-state index contributed by atoms with van der Waals surface area (Å²) in [7, 11) is 2.18. The number of hydrogen-bond donors (Lipinski definition) is 2. The number of likely N-dealkylation sites (tertiary alicyclic amines) is 1. The van der Waals surface area contributed by atoms with Crippen LogP contribution in [0.1, 0.15) is 61.7 Å². The number of H-pyrrole nitrogens is 1. The molecule has 1 saturated carbocycles. The highest BCUT2D eigenvalue weighted by Gasteiger charge is 2.23. The van der Waals surface area contributed by atoms with Crippen molar-refractivity contribution in [2.45, 2.75) is 50.5 Å². The molecule has 6 rings (SSSR count). The molecule has 0 amide bonds. The van der Waals surface area contributed by atoms with Crippen LogP contribution in [0.3, 0.4) is 0 Å². The molecule has 1 aromatic carbocycles. The van der Waals surface area contributed by atoms with E-state index in [0.29, 0.717) is 22.9 Å². The van der Waals surface area contributed by atoms with E-state index in [4.69, 9.17) is 4.98 Å². The first-order valence-corrected chi connectivity index (χ1v) is 12.5. The minimum Gasteiger partial charge on any atom is -0.358 e. The first kappa shape index (κ1) is 21.8. The number of piperidine rings is 1. The molecule has 1 aliphatic heterocycles. The number of aromatic amines is 1. The number of nitrogens with one attached hydrogen (secondary N) is 2. The molecule has 0 bridgehead atoms. The third-order valence-electron chi connectivity index (χ3n) is 7.64. The van der Waals surface area contributed by atoms with E-state index in [9.17, 15) is 10.1 Å². The number of benzene rings is 1. The maximum Gasteiger partial charge on any atom is 0.270 e. The third-order valence-corrected chi connectivity index (χ3v) is 7.64. The first-order chi connectivity index (χ1) is 17.1. The van der Waals surface area contributed by atoms with E-state index < -0.39 is 0 Å². The quantitative estimate of drug-likeness (QED) is 0.446. The zero-order chi connectivity index (χ0) is 23.9. The standard InChI is InChI=1S/C27H29N7O/c1-33-10-8-17(9-11-33)24-14-18-13-21(6-7-23(18)31-24)30-27-29-16-20-12-19(15-28)26(35)34(25(20)32-27)22-4-2-3-5-22/h6-7,12-14,16-17,22,31H,2-5,8-11H2,1H3,(H,29,30,32). The molecule has 0 unspecified atom stereocenters. The van der Waals surface area contributed by atoms with Crippen LogP contribution < -0.4 is 10.9 Å². The molecule has 178 valence electrons. The molecule has 1 saturated heterocycles. The number of rotatable bonds is 4. The summed E-state index contributed by atoms with van der Waals surface area (Å²) in [4.78, 5) is 28.2. The van der Waals surface area contributed by atoms with E-state index in [-0.39, 0.29) is 17.2 Å². The molecule has 35 heavy (non-hydrogen) atoms. The lowest BCUT2D eigenvalue weighted by Gasteiger charge is -2.28. The third kappa shape index (κ3) is 4.06. The van der Waals surface area contributed by atoms with Gasteiger partial charge in [-0.3, -0.25) is 9.36 Å². The van der Waals surface area contributed by atoms with Crippen LogP contribution in [0.15, 0.2) is 41.3 Å². The fourth-order valence-electron chi connectivity index (χ4n) is 5.66. The maximum absolute atomic E-state index is 13.0. The van der Waals surface area contributed by atoms with Crippen molar-refractivity contribution in [1.29, 1.82) is 5.26 Å². The van der Waals surface area contributed by atoms with Crippen LogP contribution in [0.4, 0.5) is 11.6 Å². The van der Waals surface area contributed by atoms with Crippen molar-refractivity contribution < 1.29 is 0 Å². The maximum atomic E-state index is 13.0. The Morgan fingerprint density at radius 2 is 1.89 bits per heavy atom. The molecule has 0 radical (unpaired) electrons. The van der Waals surface area contributed by atoms with Crippen LogP contribution in [0.5, 0.6) is 0 Å². The van der Waals surface area contributed by atoms with Crippen molar-refractivity contribution in [1.82, 2.24) is 24.4 Å². The van der Waals surface area contributed by atoms with Crippen molar-refractivity contribution in [3.63, 3.8) is 0 Å². The summed E-state index contributed by atoms with van der Waals surface area (Å²) >= 11 is 0. The fraction of sp³-hybridized carbons (Fsp3) is 0.407. The Balaban J connectivity index is 1.32. The summed E-state index contributed by atoms with van der Waals surface area (Å²) in [5, 5.41) is 14.7. The van der Waals surface area contributed by atoms with Crippen molar-refractivity contribution in [3.8, 4) is 6.07 Å². The molecule has 8 nitrogen and oxygen atoms in total.